The molecule has 0 aliphatic rings. The van der Waals surface area contributed by atoms with Crippen molar-refractivity contribution >= 4 is 5.78 Å². The van der Waals surface area contributed by atoms with Crippen LogP contribution in [0.3, 0.4) is 0 Å². The van der Waals surface area contributed by atoms with E-state index in [1.165, 1.54) is 12.1 Å². The summed E-state index contributed by atoms with van der Waals surface area (Å²) in [6, 6.07) is 6.35. The van der Waals surface area contributed by atoms with Gasteiger partial charge in [0.15, 0.2) is 29.1 Å². The molecule has 0 saturated carbocycles. The minimum absolute atomic E-state index is 0.0647. The Morgan fingerprint density at radius 3 is 2.05 bits per heavy atom. The van der Waals surface area contributed by atoms with Crippen LogP contribution in [0.25, 0.3) is 0 Å². The van der Waals surface area contributed by atoms with Crippen LogP contribution in [0.4, 0.5) is 17.6 Å². The third kappa shape index (κ3) is 2.36. The summed E-state index contributed by atoms with van der Waals surface area (Å²) in [5, 5.41) is 0. The standard InChI is InChI=1S/C14H8F4O/c1-7-2-4-8(5-3-7)14(19)9-6-10(15)12(17)13(18)11(9)16/h2-6H,1H3. The zero-order valence-electron chi connectivity index (χ0n) is 9.81. The summed E-state index contributed by atoms with van der Waals surface area (Å²) in [4.78, 5) is 11.9. The van der Waals surface area contributed by atoms with Gasteiger partial charge in [-0.15, -0.1) is 0 Å². The molecule has 1 nitrogen and oxygen atoms in total. The fourth-order valence-corrected chi connectivity index (χ4v) is 1.60. The summed E-state index contributed by atoms with van der Waals surface area (Å²) < 4.78 is 52.3. The van der Waals surface area contributed by atoms with E-state index in [9.17, 15) is 22.4 Å². The van der Waals surface area contributed by atoms with Gasteiger partial charge in [0.1, 0.15) is 0 Å². The van der Waals surface area contributed by atoms with Crippen molar-refractivity contribution in [1.82, 2.24) is 0 Å². The van der Waals surface area contributed by atoms with E-state index < -0.39 is 34.6 Å². The first kappa shape index (κ1) is 13.3. The lowest BCUT2D eigenvalue weighted by Crippen LogP contribution is -2.09. The molecule has 2 aromatic carbocycles. The predicted molar refractivity (Wildman–Crippen MR) is 60.9 cm³/mol. The quantitative estimate of drug-likeness (QED) is 0.350. The molecule has 5 heteroatoms. The van der Waals surface area contributed by atoms with Crippen molar-refractivity contribution in [3.63, 3.8) is 0 Å². The molecule has 19 heavy (non-hydrogen) atoms. The number of carbonyl (C=O) groups excluding carboxylic acids is 1. The summed E-state index contributed by atoms with van der Waals surface area (Å²) in [7, 11) is 0. The molecule has 2 aromatic rings. The highest BCUT2D eigenvalue weighted by Gasteiger charge is 2.23. The van der Waals surface area contributed by atoms with Crippen molar-refractivity contribution in [3.05, 3.63) is 70.3 Å². The van der Waals surface area contributed by atoms with E-state index in [0.717, 1.165) is 5.56 Å². The van der Waals surface area contributed by atoms with Gasteiger partial charge in [-0.1, -0.05) is 29.8 Å². The maximum Gasteiger partial charge on any atom is 0.198 e. The van der Waals surface area contributed by atoms with Gasteiger partial charge in [-0.25, -0.2) is 17.6 Å². The second-order valence-electron chi connectivity index (χ2n) is 4.04. The Balaban J connectivity index is 2.53. The number of hydrogen-bond acceptors (Lipinski definition) is 1. The second kappa shape index (κ2) is 4.84. The lowest BCUT2D eigenvalue weighted by molar-refractivity contribution is 0.103. The van der Waals surface area contributed by atoms with Crippen molar-refractivity contribution in [1.29, 1.82) is 0 Å². The first-order valence-electron chi connectivity index (χ1n) is 5.36. The van der Waals surface area contributed by atoms with Crippen LogP contribution in [0.5, 0.6) is 0 Å². The number of ketones is 1. The minimum atomic E-state index is -1.99. The zero-order valence-corrected chi connectivity index (χ0v) is 9.81. The maximum atomic E-state index is 13.5. The summed E-state index contributed by atoms with van der Waals surface area (Å²) in [6.45, 7) is 1.78. The van der Waals surface area contributed by atoms with Crippen molar-refractivity contribution in [2.45, 2.75) is 6.92 Å². The van der Waals surface area contributed by atoms with Crippen molar-refractivity contribution in [2.75, 3.05) is 0 Å². The Morgan fingerprint density at radius 2 is 1.47 bits per heavy atom. The number of benzene rings is 2. The molecular formula is C14H8F4O. The van der Waals surface area contributed by atoms with Gasteiger partial charge in [-0.2, -0.15) is 0 Å². The van der Waals surface area contributed by atoms with Gasteiger partial charge in [-0.3, -0.25) is 4.79 Å². The number of hydrogen-bond donors (Lipinski definition) is 0. The summed E-state index contributed by atoms with van der Waals surface area (Å²) >= 11 is 0. The fraction of sp³-hybridized carbons (Fsp3) is 0.0714. The van der Waals surface area contributed by atoms with Gasteiger partial charge in [0.05, 0.1) is 5.56 Å². The van der Waals surface area contributed by atoms with Crippen LogP contribution in [-0.4, -0.2) is 5.78 Å². The number of halogens is 4. The van der Waals surface area contributed by atoms with Crippen molar-refractivity contribution in [3.8, 4) is 0 Å². The van der Waals surface area contributed by atoms with Gasteiger partial charge in [0, 0.05) is 5.56 Å². The molecule has 0 aliphatic carbocycles. The second-order valence-corrected chi connectivity index (χ2v) is 4.04. The number of aryl methyl sites for hydroxylation is 1. The molecule has 0 radical (unpaired) electrons. The Labute approximate surface area is 106 Å². The number of rotatable bonds is 2. The van der Waals surface area contributed by atoms with E-state index in [4.69, 9.17) is 0 Å². The largest absolute Gasteiger partial charge is 0.288 e. The fourth-order valence-electron chi connectivity index (χ4n) is 1.60. The van der Waals surface area contributed by atoms with Gasteiger partial charge >= 0.3 is 0 Å². The zero-order chi connectivity index (χ0) is 14.2. The predicted octanol–water partition coefficient (Wildman–Crippen LogP) is 3.78. The van der Waals surface area contributed by atoms with Gasteiger partial charge in [0.2, 0.25) is 0 Å². The molecule has 98 valence electrons. The van der Waals surface area contributed by atoms with E-state index in [1.807, 2.05) is 0 Å². The third-order valence-electron chi connectivity index (χ3n) is 2.66. The van der Waals surface area contributed by atoms with E-state index in [2.05, 4.69) is 0 Å². The van der Waals surface area contributed by atoms with Gasteiger partial charge in [0.25, 0.3) is 0 Å². The first-order chi connectivity index (χ1) is 8.91. The van der Waals surface area contributed by atoms with Crippen LogP contribution < -0.4 is 0 Å². The van der Waals surface area contributed by atoms with Crippen LogP contribution in [0.15, 0.2) is 30.3 Å². The monoisotopic (exact) mass is 268 g/mol. The highest BCUT2D eigenvalue weighted by Crippen LogP contribution is 2.21. The van der Waals surface area contributed by atoms with Crippen molar-refractivity contribution in [2.24, 2.45) is 0 Å². The summed E-state index contributed by atoms with van der Waals surface area (Å²) in [6.07, 6.45) is 0. The molecule has 2 rings (SSSR count). The number of carbonyl (C=O) groups is 1. The lowest BCUT2D eigenvalue weighted by Gasteiger charge is -2.05. The SMILES string of the molecule is Cc1ccc(C(=O)c2cc(F)c(F)c(F)c2F)cc1. The summed E-state index contributed by atoms with van der Waals surface area (Å²) in [5.41, 5.74) is 0.101. The highest BCUT2D eigenvalue weighted by atomic mass is 19.2. The maximum absolute atomic E-state index is 13.5. The molecule has 0 saturated heterocycles. The van der Waals surface area contributed by atoms with E-state index in [1.54, 1.807) is 19.1 Å². The summed E-state index contributed by atoms with van der Waals surface area (Å²) in [5.74, 6) is -8.12. The molecule has 0 atom stereocenters. The molecular weight excluding hydrogens is 260 g/mol. The average molecular weight is 268 g/mol. The molecule has 0 spiro atoms. The molecule has 0 unspecified atom stereocenters. The van der Waals surface area contributed by atoms with Crippen LogP contribution in [0.2, 0.25) is 0 Å². The Kier molecular flexibility index (Phi) is 3.38. The highest BCUT2D eigenvalue weighted by molar-refractivity contribution is 6.09. The Morgan fingerprint density at radius 1 is 0.895 bits per heavy atom. The average Bonchev–Trinajstić information content (AvgIpc) is 2.40. The van der Waals surface area contributed by atoms with Crippen LogP contribution in [-0.2, 0) is 0 Å². The lowest BCUT2D eigenvalue weighted by atomic mass is 10.0. The first-order valence-corrected chi connectivity index (χ1v) is 5.36. The Bertz CT molecular complexity index is 647. The molecule has 0 N–H and O–H groups in total. The van der Waals surface area contributed by atoms with Gasteiger partial charge < -0.3 is 0 Å². The normalized spacial score (nSPS) is 10.6. The van der Waals surface area contributed by atoms with Crippen LogP contribution >= 0.6 is 0 Å². The van der Waals surface area contributed by atoms with E-state index in [-0.39, 0.29) is 5.56 Å². The van der Waals surface area contributed by atoms with Gasteiger partial charge in [-0.05, 0) is 13.0 Å². The molecule has 0 bridgehead atoms. The van der Waals surface area contributed by atoms with E-state index >= 15 is 0 Å². The molecule has 0 fully saturated rings. The van der Waals surface area contributed by atoms with Crippen LogP contribution in [0.1, 0.15) is 21.5 Å². The minimum Gasteiger partial charge on any atom is -0.288 e. The smallest absolute Gasteiger partial charge is 0.198 e. The Hall–Kier alpha value is -2.17. The molecule has 0 aliphatic heterocycles. The molecule has 0 amide bonds. The topological polar surface area (TPSA) is 17.1 Å². The van der Waals surface area contributed by atoms with Crippen molar-refractivity contribution < 1.29 is 22.4 Å². The third-order valence-corrected chi connectivity index (χ3v) is 2.66. The van der Waals surface area contributed by atoms with E-state index in [0.29, 0.717) is 6.07 Å². The molecule has 0 heterocycles. The van der Waals surface area contributed by atoms with Crippen LogP contribution in [0, 0.1) is 30.2 Å². The molecule has 0 aromatic heterocycles.